The topological polar surface area (TPSA) is 48.8 Å². The Morgan fingerprint density at radius 2 is 1.81 bits per heavy atom. The largest absolute Gasteiger partial charge is 0.379 e. The van der Waals surface area contributed by atoms with Crippen molar-refractivity contribution in [1.29, 1.82) is 0 Å². The van der Waals surface area contributed by atoms with E-state index < -0.39 is 0 Å². The molecule has 3 rings (SSSR count). The Morgan fingerprint density at radius 3 is 2.62 bits per heavy atom. The van der Waals surface area contributed by atoms with Crippen LogP contribution in [0.2, 0.25) is 0 Å². The number of anilines is 2. The van der Waals surface area contributed by atoms with Gasteiger partial charge in [0, 0.05) is 12.1 Å². The van der Waals surface area contributed by atoms with Crippen LogP contribution >= 0.6 is 24.8 Å². The van der Waals surface area contributed by atoms with E-state index in [0.29, 0.717) is 6.54 Å². The molecular weight excluding hydrogens is 247 g/mol. The first-order valence-electron chi connectivity index (χ1n) is 4.63. The van der Waals surface area contributed by atoms with Gasteiger partial charge in [0.25, 0.3) is 0 Å². The van der Waals surface area contributed by atoms with Gasteiger partial charge in [-0.15, -0.1) is 29.9 Å². The second-order valence-electron chi connectivity index (χ2n) is 3.38. The molecule has 1 aromatic rings. The van der Waals surface area contributed by atoms with Gasteiger partial charge in [-0.05, 0) is 12.1 Å². The van der Waals surface area contributed by atoms with Crippen molar-refractivity contribution in [2.75, 3.05) is 23.7 Å². The summed E-state index contributed by atoms with van der Waals surface area (Å²) in [5.41, 5.74) is 3.41. The fourth-order valence-electron chi connectivity index (χ4n) is 1.67. The van der Waals surface area contributed by atoms with Crippen LogP contribution in [0, 0.1) is 0 Å². The van der Waals surface area contributed by atoms with Crippen LogP contribution in [0.5, 0.6) is 0 Å². The SMILES string of the molecule is Cl.Cl.c1ccc2c(c1)NCC1=C(N=NC1)N2. The molecule has 0 amide bonds. The molecule has 2 aliphatic heterocycles. The molecule has 2 aliphatic rings. The summed E-state index contributed by atoms with van der Waals surface area (Å²) in [5.74, 6) is 0.905. The maximum absolute atomic E-state index is 4.07. The third-order valence-corrected chi connectivity index (χ3v) is 2.44. The molecule has 0 aliphatic carbocycles. The predicted octanol–water partition coefficient (Wildman–Crippen LogP) is 3.05. The van der Waals surface area contributed by atoms with Crippen molar-refractivity contribution in [3.05, 3.63) is 35.7 Å². The monoisotopic (exact) mass is 258 g/mol. The minimum absolute atomic E-state index is 0. The summed E-state index contributed by atoms with van der Waals surface area (Å²) < 4.78 is 0. The maximum atomic E-state index is 4.07. The summed E-state index contributed by atoms with van der Waals surface area (Å²) in [7, 11) is 0. The van der Waals surface area contributed by atoms with Gasteiger partial charge in [0.2, 0.25) is 0 Å². The third kappa shape index (κ3) is 2.13. The fraction of sp³-hybridized carbons (Fsp3) is 0.200. The average Bonchev–Trinajstić information content (AvgIpc) is 2.58. The highest BCUT2D eigenvalue weighted by molar-refractivity contribution is 5.85. The zero-order valence-electron chi connectivity index (χ0n) is 8.43. The van der Waals surface area contributed by atoms with Gasteiger partial charge < -0.3 is 10.6 Å². The Kier molecular flexibility index (Phi) is 4.15. The van der Waals surface area contributed by atoms with Crippen molar-refractivity contribution >= 4 is 36.2 Å². The van der Waals surface area contributed by atoms with Gasteiger partial charge in [0.05, 0.1) is 17.9 Å². The lowest BCUT2D eigenvalue weighted by Crippen LogP contribution is -2.04. The number of rotatable bonds is 0. The molecule has 4 nitrogen and oxygen atoms in total. The molecule has 0 bridgehead atoms. The molecule has 0 aromatic heterocycles. The lowest BCUT2D eigenvalue weighted by atomic mass is 10.2. The number of para-hydroxylation sites is 2. The fourth-order valence-corrected chi connectivity index (χ4v) is 1.67. The van der Waals surface area contributed by atoms with Gasteiger partial charge in [0.15, 0.2) is 5.82 Å². The molecule has 0 spiro atoms. The molecule has 0 fully saturated rings. The van der Waals surface area contributed by atoms with Crippen LogP contribution in [0.1, 0.15) is 0 Å². The normalized spacial score (nSPS) is 15.8. The molecule has 2 heterocycles. The first-order chi connectivity index (χ1) is 6.93. The Hall–Kier alpha value is -1.26. The first kappa shape index (κ1) is 12.8. The van der Waals surface area contributed by atoms with Gasteiger partial charge in [0.1, 0.15) is 0 Å². The number of azo groups is 1. The van der Waals surface area contributed by atoms with Gasteiger partial charge in [-0.1, -0.05) is 12.1 Å². The van der Waals surface area contributed by atoms with Crippen LogP contribution < -0.4 is 10.6 Å². The van der Waals surface area contributed by atoms with E-state index in [9.17, 15) is 0 Å². The highest BCUT2D eigenvalue weighted by Gasteiger charge is 2.17. The molecular formula is C10H12Cl2N4. The van der Waals surface area contributed by atoms with Gasteiger partial charge >= 0.3 is 0 Å². The molecule has 0 radical (unpaired) electrons. The highest BCUT2D eigenvalue weighted by Crippen LogP contribution is 2.28. The molecule has 86 valence electrons. The zero-order valence-corrected chi connectivity index (χ0v) is 10.1. The smallest absolute Gasteiger partial charge is 0.155 e. The van der Waals surface area contributed by atoms with Crippen molar-refractivity contribution in [2.45, 2.75) is 0 Å². The lowest BCUT2D eigenvalue weighted by molar-refractivity contribution is 1.06. The molecule has 6 heteroatoms. The molecule has 0 atom stereocenters. The number of benzene rings is 1. The Labute approximate surface area is 106 Å². The van der Waals surface area contributed by atoms with E-state index in [4.69, 9.17) is 0 Å². The van der Waals surface area contributed by atoms with Crippen molar-refractivity contribution in [3.63, 3.8) is 0 Å². The summed E-state index contributed by atoms with van der Waals surface area (Å²) in [6, 6.07) is 8.12. The van der Waals surface area contributed by atoms with E-state index >= 15 is 0 Å². The van der Waals surface area contributed by atoms with Crippen LogP contribution in [0.3, 0.4) is 0 Å². The van der Waals surface area contributed by atoms with Crippen molar-refractivity contribution in [1.82, 2.24) is 0 Å². The molecule has 2 N–H and O–H groups in total. The van der Waals surface area contributed by atoms with E-state index in [2.05, 4.69) is 26.9 Å². The molecule has 16 heavy (non-hydrogen) atoms. The highest BCUT2D eigenvalue weighted by atomic mass is 35.5. The predicted molar refractivity (Wildman–Crippen MR) is 69.8 cm³/mol. The van der Waals surface area contributed by atoms with E-state index in [1.54, 1.807) is 0 Å². The summed E-state index contributed by atoms with van der Waals surface area (Å²) in [6.45, 7) is 1.54. The number of nitrogens with zero attached hydrogens (tertiary/aromatic N) is 2. The van der Waals surface area contributed by atoms with Crippen LogP contribution in [-0.2, 0) is 0 Å². The summed E-state index contributed by atoms with van der Waals surface area (Å²) in [4.78, 5) is 0. The van der Waals surface area contributed by atoms with E-state index in [0.717, 1.165) is 23.7 Å². The van der Waals surface area contributed by atoms with Crippen LogP contribution in [0.4, 0.5) is 11.4 Å². The number of hydrogen-bond acceptors (Lipinski definition) is 4. The summed E-state index contributed by atoms with van der Waals surface area (Å²) in [6.07, 6.45) is 0. The maximum Gasteiger partial charge on any atom is 0.155 e. The van der Waals surface area contributed by atoms with Crippen LogP contribution in [0.25, 0.3) is 0 Å². The Morgan fingerprint density at radius 1 is 1.06 bits per heavy atom. The second-order valence-corrected chi connectivity index (χ2v) is 3.38. The number of nitrogens with one attached hydrogen (secondary N) is 2. The van der Waals surface area contributed by atoms with Crippen molar-refractivity contribution < 1.29 is 0 Å². The quantitative estimate of drug-likeness (QED) is 0.752. The van der Waals surface area contributed by atoms with Crippen molar-refractivity contribution in [2.24, 2.45) is 10.2 Å². The number of hydrogen-bond donors (Lipinski definition) is 2. The van der Waals surface area contributed by atoms with Crippen molar-refractivity contribution in [3.8, 4) is 0 Å². The minimum Gasteiger partial charge on any atom is -0.379 e. The average molecular weight is 259 g/mol. The van der Waals surface area contributed by atoms with Gasteiger partial charge in [-0.3, -0.25) is 0 Å². The molecule has 0 saturated heterocycles. The zero-order chi connectivity index (χ0) is 9.38. The molecule has 1 aromatic carbocycles. The third-order valence-electron chi connectivity index (χ3n) is 2.44. The first-order valence-corrected chi connectivity index (χ1v) is 4.63. The lowest BCUT2D eigenvalue weighted by Gasteiger charge is -2.07. The van der Waals surface area contributed by atoms with Gasteiger partial charge in [-0.2, -0.15) is 5.11 Å². The Balaban J connectivity index is 0.000000640. The van der Waals surface area contributed by atoms with Crippen LogP contribution in [-0.4, -0.2) is 13.1 Å². The minimum atomic E-state index is 0. The van der Waals surface area contributed by atoms with Gasteiger partial charge in [-0.25, -0.2) is 0 Å². The molecule has 0 saturated carbocycles. The summed E-state index contributed by atoms with van der Waals surface area (Å²) >= 11 is 0. The summed E-state index contributed by atoms with van der Waals surface area (Å²) in [5, 5.41) is 14.7. The van der Waals surface area contributed by atoms with E-state index in [-0.39, 0.29) is 24.8 Å². The standard InChI is InChI=1S/C10H10N4.2ClH/c1-2-4-9-8(3-1)11-5-7-6-12-14-10(7)13-9;;/h1-4,11,13H,5-6H2;2*1H. The number of halogens is 2. The van der Waals surface area contributed by atoms with E-state index in [1.165, 1.54) is 5.57 Å². The second kappa shape index (κ2) is 5.18. The Bertz CT molecular complexity index is 442. The van der Waals surface area contributed by atoms with Crippen LogP contribution in [0.15, 0.2) is 45.9 Å². The van der Waals surface area contributed by atoms with E-state index in [1.807, 2.05) is 18.2 Å². The number of fused-ring (bicyclic) bond motifs is 1. The molecule has 0 unspecified atom stereocenters.